The van der Waals surface area contributed by atoms with E-state index in [1.165, 1.54) is 12.3 Å². The van der Waals surface area contributed by atoms with Crippen LogP contribution in [0.4, 0.5) is 0 Å². The quantitative estimate of drug-likeness (QED) is 0.515. The molecule has 0 bridgehead atoms. The minimum atomic E-state index is -1.36. The van der Waals surface area contributed by atoms with E-state index >= 15 is 0 Å². The molecule has 0 radical (unpaired) electrons. The van der Waals surface area contributed by atoms with Gasteiger partial charge in [0, 0.05) is 6.20 Å². The fraction of sp³-hybridized carbons (Fsp3) is 0. The molecule has 0 fully saturated rings. The predicted molar refractivity (Wildman–Crippen MR) is 31.4 cm³/mol. The lowest BCUT2D eigenvalue weighted by molar-refractivity contribution is -0.255. The molecule has 0 aliphatic rings. The van der Waals surface area contributed by atoms with Gasteiger partial charge in [-0.1, -0.05) is 0 Å². The van der Waals surface area contributed by atoms with Crippen LogP contribution in [0.5, 0.6) is 0 Å². The average Bonchev–Trinajstić information content (AvgIpc) is 1.88. The molecule has 0 saturated heterocycles. The van der Waals surface area contributed by atoms with E-state index in [1.54, 1.807) is 0 Å². The summed E-state index contributed by atoms with van der Waals surface area (Å²) in [4.78, 5) is 16.9. The number of carboxylic acids is 1. The van der Waals surface area contributed by atoms with Gasteiger partial charge in [-0.15, -0.1) is 0 Å². The Balaban J connectivity index is 3.07. The zero-order valence-corrected chi connectivity index (χ0v) is 5.50. The van der Waals surface area contributed by atoms with Crippen LogP contribution in [-0.2, 0) is 0 Å². The van der Waals surface area contributed by atoms with Gasteiger partial charge in [-0.05, 0) is 17.7 Å². The highest BCUT2D eigenvalue weighted by Gasteiger charge is 1.94. The predicted octanol–water partition coefficient (Wildman–Crippen LogP) is -0.507. The number of aromatic carboxylic acids is 1. The van der Waals surface area contributed by atoms with Gasteiger partial charge in [0.2, 0.25) is 5.28 Å². The van der Waals surface area contributed by atoms with E-state index in [4.69, 9.17) is 11.6 Å². The molecule has 1 aromatic heterocycles. The number of carbonyl (C=O) groups is 1. The maximum Gasteiger partial charge on any atom is 0.222 e. The Kier molecular flexibility index (Phi) is 1.82. The first kappa shape index (κ1) is 6.95. The van der Waals surface area contributed by atoms with Crippen molar-refractivity contribution in [1.82, 2.24) is 9.97 Å². The number of hydrogen-bond acceptors (Lipinski definition) is 4. The lowest BCUT2D eigenvalue weighted by Gasteiger charge is -1.98. The van der Waals surface area contributed by atoms with Crippen molar-refractivity contribution in [3.05, 3.63) is 23.2 Å². The highest BCUT2D eigenvalue weighted by Crippen LogP contribution is 1.98. The Morgan fingerprint density at radius 1 is 1.70 bits per heavy atom. The summed E-state index contributed by atoms with van der Waals surface area (Å²) < 4.78 is 0. The molecule has 5 heteroatoms. The molecule has 0 amide bonds. The summed E-state index contributed by atoms with van der Waals surface area (Å²) in [6.07, 6.45) is 1.25. The van der Waals surface area contributed by atoms with Crippen molar-refractivity contribution < 1.29 is 9.90 Å². The molecule has 0 aromatic carbocycles. The fourth-order valence-corrected chi connectivity index (χ4v) is 0.596. The van der Waals surface area contributed by atoms with Gasteiger partial charge in [0.1, 0.15) is 0 Å². The lowest BCUT2D eigenvalue weighted by atomic mass is 10.4. The second-order valence-corrected chi connectivity index (χ2v) is 1.84. The molecule has 1 aromatic rings. The van der Waals surface area contributed by atoms with E-state index in [2.05, 4.69) is 9.97 Å². The van der Waals surface area contributed by atoms with Crippen LogP contribution in [0.1, 0.15) is 10.5 Å². The largest absolute Gasteiger partial charge is 0.543 e. The topological polar surface area (TPSA) is 65.9 Å². The second-order valence-electron chi connectivity index (χ2n) is 1.50. The fourth-order valence-electron chi connectivity index (χ4n) is 0.449. The van der Waals surface area contributed by atoms with Crippen LogP contribution >= 0.6 is 11.6 Å². The Morgan fingerprint density at radius 3 is 2.80 bits per heavy atom. The number of hydrogen-bond donors (Lipinski definition) is 0. The van der Waals surface area contributed by atoms with Crippen LogP contribution in [-0.4, -0.2) is 15.9 Å². The molecule has 0 aliphatic carbocycles. The average molecular weight is 158 g/mol. The van der Waals surface area contributed by atoms with Gasteiger partial charge < -0.3 is 9.90 Å². The molecule has 0 N–H and O–H groups in total. The molecule has 0 spiro atoms. The first-order chi connectivity index (χ1) is 4.70. The Labute approximate surface area is 61.5 Å². The molecular weight excluding hydrogens is 156 g/mol. The zero-order valence-electron chi connectivity index (χ0n) is 4.74. The van der Waals surface area contributed by atoms with Crippen molar-refractivity contribution in [3.8, 4) is 0 Å². The van der Waals surface area contributed by atoms with Gasteiger partial charge >= 0.3 is 0 Å². The van der Waals surface area contributed by atoms with E-state index < -0.39 is 5.97 Å². The van der Waals surface area contributed by atoms with E-state index in [9.17, 15) is 9.90 Å². The van der Waals surface area contributed by atoms with Gasteiger partial charge in [0.05, 0.1) is 11.7 Å². The lowest BCUT2D eigenvalue weighted by Crippen LogP contribution is -2.23. The van der Waals surface area contributed by atoms with Gasteiger partial charge in [-0.2, -0.15) is 0 Å². The molecule has 0 unspecified atom stereocenters. The monoisotopic (exact) mass is 157 g/mol. The van der Waals surface area contributed by atoms with E-state index in [0.29, 0.717) is 0 Å². The third-order valence-corrected chi connectivity index (χ3v) is 1.02. The van der Waals surface area contributed by atoms with Crippen LogP contribution in [0.2, 0.25) is 5.28 Å². The first-order valence-electron chi connectivity index (χ1n) is 2.40. The van der Waals surface area contributed by atoms with Crippen molar-refractivity contribution in [3.63, 3.8) is 0 Å². The van der Waals surface area contributed by atoms with Crippen LogP contribution in [0.25, 0.3) is 0 Å². The summed E-state index contributed by atoms with van der Waals surface area (Å²) in [5, 5.41) is 10.00. The molecule has 4 nitrogen and oxygen atoms in total. The van der Waals surface area contributed by atoms with E-state index in [-0.39, 0.29) is 11.0 Å². The van der Waals surface area contributed by atoms with Crippen LogP contribution in [0, 0.1) is 0 Å². The van der Waals surface area contributed by atoms with Crippen LogP contribution in [0.3, 0.4) is 0 Å². The summed E-state index contributed by atoms with van der Waals surface area (Å²) in [7, 11) is 0. The summed E-state index contributed by atoms with van der Waals surface area (Å²) in [6, 6.07) is 1.21. The number of halogens is 1. The standard InChI is InChI=1S/C5H3ClN2O2/c6-5-7-2-1-3(8-5)4(9)10/h1-2H,(H,9,10)/p-1. The molecule has 1 rings (SSSR count). The first-order valence-corrected chi connectivity index (χ1v) is 2.78. The minimum Gasteiger partial charge on any atom is -0.543 e. The summed E-state index contributed by atoms with van der Waals surface area (Å²) >= 11 is 5.28. The van der Waals surface area contributed by atoms with Crippen molar-refractivity contribution in [2.45, 2.75) is 0 Å². The van der Waals surface area contributed by atoms with Gasteiger partial charge in [0.15, 0.2) is 0 Å². The van der Waals surface area contributed by atoms with Crippen LogP contribution in [0.15, 0.2) is 12.3 Å². The summed E-state index contributed by atoms with van der Waals surface area (Å²) in [5.74, 6) is -1.36. The molecule has 1 heterocycles. The zero-order chi connectivity index (χ0) is 7.56. The van der Waals surface area contributed by atoms with Gasteiger partial charge in [-0.25, -0.2) is 9.97 Å². The SMILES string of the molecule is O=C([O-])c1ccnc(Cl)n1. The smallest absolute Gasteiger partial charge is 0.222 e. The molecular formula is C5H2ClN2O2-. The minimum absolute atomic E-state index is 0.0956. The number of aromatic nitrogens is 2. The van der Waals surface area contributed by atoms with Crippen molar-refractivity contribution >= 4 is 17.6 Å². The Hall–Kier alpha value is -1.16. The molecule has 10 heavy (non-hydrogen) atoms. The maximum absolute atomic E-state index is 10.1. The molecule has 0 saturated carbocycles. The second kappa shape index (κ2) is 2.62. The number of carboxylic acid groups (broad SMARTS) is 1. The molecule has 0 atom stereocenters. The van der Waals surface area contributed by atoms with Gasteiger partial charge in [0.25, 0.3) is 0 Å². The van der Waals surface area contributed by atoms with Crippen molar-refractivity contribution in [2.75, 3.05) is 0 Å². The number of nitrogens with zero attached hydrogens (tertiary/aromatic N) is 2. The van der Waals surface area contributed by atoms with Gasteiger partial charge in [-0.3, -0.25) is 0 Å². The highest BCUT2D eigenvalue weighted by atomic mass is 35.5. The van der Waals surface area contributed by atoms with E-state index in [1.807, 2.05) is 0 Å². The number of carbonyl (C=O) groups excluding carboxylic acids is 1. The van der Waals surface area contributed by atoms with Crippen molar-refractivity contribution in [1.29, 1.82) is 0 Å². The summed E-state index contributed by atoms with van der Waals surface area (Å²) in [6.45, 7) is 0. The molecule has 52 valence electrons. The highest BCUT2D eigenvalue weighted by molar-refractivity contribution is 6.28. The normalized spacial score (nSPS) is 9.30. The summed E-state index contributed by atoms with van der Waals surface area (Å²) in [5.41, 5.74) is -0.208. The molecule has 0 aliphatic heterocycles. The Morgan fingerprint density at radius 2 is 2.40 bits per heavy atom. The third-order valence-electron chi connectivity index (χ3n) is 0.835. The third kappa shape index (κ3) is 1.41. The number of rotatable bonds is 1. The maximum atomic E-state index is 10.1. The van der Waals surface area contributed by atoms with Crippen LogP contribution < -0.4 is 5.11 Å². The van der Waals surface area contributed by atoms with Crippen molar-refractivity contribution in [2.24, 2.45) is 0 Å². The Bertz CT molecular complexity index is 264. The van der Waals surface area contributed by atoms with E-state index in [0.717, 1.165) is 0 Å².